The van der Waals surface area contributed by atoms with E-state index in [-0.39, 0.29) is 0 Å². The molecule has 0 saturated carbocycles. The van der Waals surface area contributed by atoms with E-state index in [2.05, 4.69) is 20.4 Å². The topological polar surface area (TPSA) is 9.23 Å². The first kappa shape index (κ1) is 18.0. The molecular formula is C16H31ClO. The van der Waals surface area contributed by atoms with Crippen LogP contribution in [0.1, 0.15) is 58.8 Å². The molecule has 0 amide bonds. The van der Waals surface area contributed by atoms with Crippen molar-refractivity contribution in [3.8, 4) is 0 Å². The Bertz CT molecular complexity index is 182. The summed E-state index contributed by atoms with van der Waals surface area (Å²) < 4.78 is 5.62. The largest absolute Gasteiger partial charge is 0.377 e. The van der Waals surface area contributed by atoms with Crippen LogP contribution in [-0.4, -0.2) is 19.1 Å². The molecule has 0 spiro atoms. The van der Waals surface area contributed by atoms with Crippen molar-refractivity contribution in [3.05, 3.63) is 12.7 Å². The summed E-state index contributed by atoms with van der Waals surface area (Å²) in [6.45, 7) is 9.75. The molecule has 1 nitrogen and oxygen atoms in total. The van der Waals surface area contributed by atoms with Crippen molar-refractivity contribution >= 4 is 11.6 Å². The van der Waals surface area contributed by atoms with Gasteiger partial charge >= 0.3 is 0 Å². The maximum atomic E-state index is 5.84. The molecule has 0 radical (unpaired) electrons. The van der Waals surface area contributed by atoms with Crippen molar-refractivity contribution in [1.82, 2.24) is 0 Å². The van der Waals surface area contributed by atoms with E-state index < -0.39 is 0 Å². The van der Waals surface area contributed by atoms with Gasteiger partial charge in [0.1, 0.15) is 0 Å². The fourth-order valence-electron chi connectivity index (χ4n) is 2.14. The Hall–Kier alpha value is -0.0100. The second-order valence-corrected chi connectivity index (χ2v) is 5.69. The normalized spacial score (nSPS) is 14.4. The average Bonchev–Trinajstić information content (AvgIpc) is 2.38. The van der Waals surface area contributed by atoms with E-state index >= 15 is 0 Å². The van der Waals surface area contributed by atoms with Crippen LogP contribution in [0.25, 0.3) is 0 Å². The van der Waals surface area contributed by atoms with Crippen molar-refractivity contribution in [3.63, 3.8) is 0 Å². The van der Waals surface area contributed by atoms with Crippen LogP contribution < -0.4 is 0 Å². The van der Waals surface area contributed by atoms with Crippen LogP contribution in [0.2, 0.25) is 0 Å². The minimum atomic E-state index is 0.650. The highest BCUT2D eigenvalue weighted by molar-refractivity contribution is 6.18. The van der Waals surface area contributed by atoms with Gasteiger partial charge < -0.3 is 4.74 Å². The zero-order chi connectivity index (χ0) is 13.6. The molecule has 108 valence electrons. The fraction of sp³-hybridized carbons (Fsp3) is 0.875. The molecule has 0 heterocycles. The van der Waals surface area contributed by atoms with Gasteiger partial charge in [0, 0.05) is 12.5 Å². The molecule has 2 unspecified atom stereocenters. The van der Waals surface area contributed by atoms with Crippen molar-refractivity contribution in [2.24, 2.45) is 11.8 Å². The lowest BCUT2D eigenvalue weighted by Crippen LogP contribution is -2.11. The van der Waals surface area contributed by atoms with Crippen LogP contribution in [0.4, 0.5) is 0 Å². The van der Waals surface area contributed by atoms with E-state index in [1.807, 2.05) is 6.08 Å². The number of hydrogen-bond acceptors (Lipinski definition) is 1. The molecule has 0 aromatic rings. The van der Waals surface area contributed by atoms with Gasteiger partial charge in [-0.25, -0.2) is 0 Å². The molecule has 0 saturated heterocycles. The average molecular weight is 275 g/mol. The molecular weight excluding hydrogens is 244 g/mol. The van der Waals surface area contributed by atoms with Crippen molar-refractivity contribution < 1.29 is 4.74 Å². The van der Waals surface area contributed by atoms with Crippen LogP contribution in [-0.2, 0) is 4.74 Å². The van der Waals surface area contributed by atoms with Gasteiger partial charge in [-0.05, 0) is 31.1 Å². The first-order valence-corrected chi connectivity index (χ1v) is 8.02. The first-order chi connectivity index (χ1) is 8.74. The van der Waals surface area contributed by atoms with Crippen LogP contribution >= 0.6 is 11.6 Å². The monoisotopic (exact) mass is 274 g/mol. The second-order valence-electron chi connectivity index (χ2n) is 5.38. The third kappa shape index (κ3) is 11.1. The quantitative estimate of drug-likeness (QED) is 0.247. The molecule has 0 aliphatic rings. The highest BCUT2D eigenvalue weighted by Gasteiger charge is 2.09. The van der Waals surface area contributed by atoms with Gasteiger partial charge in [0.25, 0.3) is 0 Å². The second kappa shape index (κ2) is 13.4. The number of alkyl halides is 1. The number of hydrogen-bond donors (Lipinski definition) is 0. The predicted molar refractivity (Wildman–Crippen MR) is 82.4 cm³/mol. The smallest absolute Gasteiger partial charge is 0.0644 e. The molecule has 2 atom stereocenters. The lowest BCUT2D eigenvalue weighted by atomic mass is 9.94. The summed E-state index contributed by atoms with van der Waals surface area (Å²) in [6.07, 6.45) is 10.9. The lowest BCUT2D eigenvalue weighted by molar-refractivity contribution is 0.112. The van der Waals surface area contributed by atoms with E-state index in [4.69, 9.17) is 16.3 Å². The predicted octanol–water partition coefficient (Wildman–Crippen LogP) is 5.43. The Morgan fingerprint density at radius 3 is 2.50 bits per heavy atom. The maximum absolute atomic E-state index is 5.84. The Kier molecular flexibility index (Phi) is 13.4. The number of ether oxygens (including phenoxy) is 1. The van der Waals surface area contributed by atoms with Gasteiger partial charge in [-0.2, -0.15) is 0 Å². The van der Waals surface area contributed by atoms with E-state index in [0.29, 0.717) is 12.5 Å². The molecule has 0 bridgehead atoms. The summed E-state index contributed by atoms with van der Waals surface area (Å²) in [5.41, 5.74) is 0. The van der Waals surface area contributed by atoms with Crippen molar-refractivity contribution in [2.75, 3.05) is 19.1 Å². The third-order valence-electron chi connectivity index (χ3n) is 3.38. The van der Waals surface area contributed by atoms with Gasteiger partial charge in [-0.15, -0.1) is 18.2 Å². The zero-order valence-electron chi connectivity index (χ0n) is 12.3. The van der Waals surface area contributed by atoms with Gasteiger partial charge in [0.15, 0.2) is 0 Å². The van der Waals surface area contributed by atoms with E-state index in [0.717, 1.165) is 18.4 Å². The number of unbranched alkanes of at least 4 members (excludes halogenated alkanes) is 2. The molecule has 0 fully saturated rings. The summed E-state index contributed by atoms with van der Waals surface area (Å²) >= 11 is 5.84. The SMILES string of the molecule is C=CCOCC(CCCCC)CCCC(C)CCl. The van der Waals surface area contributed by atoms with Gasteiger partial charge in [0.05, 0.1) is 6.61 Å². The summed E-state index contributed by atoms with van der Waals surface area (Å²) in [5, 5.41) is 0. The highest BCUT2D eigenvalue weighted by atomic mass is 35.5. The van der Waals surface area contributed by atoms with Crippen LogP contribution in [0.5, 0.6) is 0 Å². The maximum Gasteiger partial charge on any atom is 0.0644 e. The number of rotatable bonds is 13. The van der Waals surface area contributed by atoms with Crippen molar-refractivity contribution in [2.45, 2.75) is 58.8 Å². The molecule has 0 aliphatic heterocycles. The lowest BCUT2D eigenvalue weighted by Gasteiger charge is -2.17. The highest BCUT2D eigenvalue weighted by Crippen LogP contribution is 2.19. The Labute approximate surface area is 119 Å². The summed E-state index contributed by atoms with van der Waals surface area (Å²) in [6, 6.07) is 0. The first-order valence-electron chi connectivity index (χ1n) is 7.49. The zero-order valence-corrected chi connectivity index (χ0v) is 13.1. The summed E-state index contributed by atoms with van der Waals surface area (Å²) in [7, 11) is 0. The Morgan fingerprint density at radius 2 is 1.89 bits per heavy atom. The van der Waals surface area contributed by atoms with Crippen LogP contribution in [0.3, 0.4) is 0 Å². The van der Waals surface area contributed by atoms with E-state index in [9.17, 15) is 0 Å². The van der Waals surface area contributed by atoms with Crippen LogP contribution in [0.15, 0.2) is 12.7 Å². The van der Waals surface area contributed by atoms with Gasteiger partial charge in [-0.1, -0.05) is 45.6 Å². The van der Waals surface area contributed by atoms with Crippen molar-refractivity contribution in [1.29, 1.82) is 0 Å². The summed E-state index contributed by atoms with van der Waals surface area (Å²) in [4.78, 5) is 0. The molecule has 0 aliphatic carbocycles. The molecule has 18 heavy (non-hydrogen) atoms. The van der Waals surface area contributed by atoms with Gasteiger partial charge in [-0.3, -0.25) is 0 Å². The fourth-order valence-corrected chi connectivity index (χ4v) is 2.30. The molecule has 0 aromatic carbocycles. The molecule has 0 N–H and O–H groups in total. The number of halogens is 1. The minimum Gasteiger partial charge on any atom is -0.377 e. The summed E-state index contributed by atoms with van der Waals surface area (Å²) in [5.74, 6) is 2.16. The Morgan fingerprint density at radius 1 is 1.17 bits per heavy atom. The molecule has 0 aromatic heterocycles. The Balaban J connectivity index is 3.76. The van der Waals surface area contributed by atoms with E-state index in [1.165, 1.54) is 44.9 Å². The standard InChI is InChI=1S/C16H31ClO/c1-4-6-7-10-16(14-18-12-5-2)11-8-9-15(3)13-17/h5,15-16H,2,4,6-14H2,1,3H3. The molecule has 2 heteroatoms. The minimum absolute atomic E-state index is 0.650. The van der Waals surface area contributed by atoms with Gasteiger partial charge in [0.2, 0.25) is 0 Å². The van der Waals surface area contributed by atoms with E-state index in [1.54, 1.807) is 0 Å². The molecule has 0 rings (SSSR count). The third-order valence-corrected chi connectivity index (χ3v) is 3.90. The van der Waals surface area contributed by atoms with Crippen LogP contribution in [0, 0.1) is 11.8 Å².